The lowest BCUT2D eigenvalue weighted by atomic mass is 10.2. The molecule has 22 heavy (non-hydrogen) atoms. The van der Waals surface area contributed by atoms with Gasteiger partial charge in [0.15, 0.2) is 11.5 Å². The van der Waals surface area contributed by atoms with Crippen LogP contribution >= 0.6 is 11.3 Å². The molecule has 0 bridgehead atoms. The molecule has 3 N–H and O–H groups in total. The molecule has 1 saturated heterocycles. The van der Waals surface area contributed by atoms with E-state index < -0.39 is 0 Å². The number of morpholine rings is 1. The second kappa shape index (κ2) is 6.91. The van der Waals surface area contributed by atoms with Gasteiger partial charge in [-0.3, -0.25) is 4.90 Å². The van der Waals surface area contributed by atoms with Gasteiger partial charge in [0.1, 0.15) is 5.01 Å². The van der Waals surface area contributed by atoms with E-state index in [4.69, 9.17) is 4.74 Å². The molecule has 0 saturated carbocycles. The van der Waals surface area contributed by atoms with Gasteiger partial charge in [0.25, 0.3) is 0 Å². The first kappa shape index (κ1) is 15.0. The third-order valence-electron chi connectivity index (χ3n) is 3.46. The summed E-state index contributed by atoms with van der Waals surface area (Å²) in [5.74, 6) is -0.299. The van der Waals surface area contributed by atoms with Crippen molar-refractivity contribution >= 4 is 16.5 Å². The first-order chi connectivity index (χ1) is 10.7. The van der Waals surface area contributed by atoms with Crippen LogP contribution in [0.4, 0.5) is 5.13 Å². The van der Waals surface area contributed by atoms with Gasteiger partial charge >= 0.3 is 0 Å². The van der Waals surface area contributed by atoms with Crippen molar-refractivity contribution in [2.24, 2.45) is 0 Å². The summed E-state index contributed by atoms with van der Waals surface area (Å²) in [7, 11) is 0. The van der Waals surface area contributed by atoms with Crippen molar-refractivity contribution in [1.82, 2.24) is 15.1 Å². The minimum absolute atomic E-state index is 0.142. The Kier molecular flexibility index (Phi) is 4.71. The average molecular weight is 322 g/mol. The van der Waals surface area contributed by atoms with Crippen molar-refractivity contribution in [3.8, 4) is 22.1 Å². The summed E-state index contributed by atoms with van der Waals surface area (Å²) >= 11 is 1.42. The quantitative estimate of drug-likeness (QED) is 0.716. The van der Waals surface area contributed by atoms with E-state index in [9.17, 15) is 10.2 Å². The van der Waals surface area contributed by atoms with Crippen LogP contribution in [0.1, 0.15) is 0 Å². The van der Waals surface area contributed by atoms with Gasteiger partial charge in [0, 0.05) is 31.7 Å². The molecule has 2 aromatic rings. The van der Waals surface area contributed by atoms with Crippen molar-refractivity contribution in [2.75, 3.05) is 44.7 Å². The van der Waals surface area contributed by atoms with E-state index >= 15 is 0 Å². The first-order valence-electron chi connectivity index (χ1n) is 7.12. The fourth-order valence-corrected chi connectivity index (χ4v) is 2.98. The zero-order valence-corrected chi connectivity index (χ0v) is 12.8. The Bertz CT molecular complexity index is 628. The van der Waals surface area contributed by atoms with Crippen molar-refractivity contribution in [1.29, 1.82) is 0 Å². The van der Waals surface area contributed by atoms with Gasteiger partial charge in [0.05, 0.1) is 13.2 Å². The van der Waals surface area contributed by atoms with Crippen molar-refractivity contribution < 1.29 is 14.9 Å². The fourth-order valence-electron chi connectivity index (χ4n) is 2.21. The number of rotatable bonds is 5. The summed E-state index contributed by atoms with van der Waals surface area (Å²) in [5, 5.41) is 31.8. The summed E-state index contributed by atoms with van der Waals surface area (Å²) < 4.78 is 5.31. The molecular formula is C14H18N4O3S. The predicted molar refractivity (Wildman–Crippen MR) is 84.4 cm³/mol. The molecular weight excluding hydrogens is 304 g/mol. The van der Waals surface area contributed by atoms with Gasteiger partial charge in [-0.1, -0.05) is 11.3 Å². The molecule has 2 heterocycles. The van der Waals surface area contributed by atoms with Crippen LogP contribution in [0.3, 0.4) is 0 Å². The van der Waals surface area contributed by atoms with Crippen LogP contribution in [0.2, 0.25) is 0 Å². The molecule has 3 rings (SSSR count). The highest BCUT2D eigenvalue weighted by molar-refractivity contribution is 7.18. The molecule has 0 unspecified atom stereocenters. The first-order valence-corrected chi connectivity index (χ1v) is 7.94. The Morgan fingerprint density at radius 3 is 2.77 bits per heavy atom. The number of hydrogen-bond donors (Lipinski definition) is 3. The van der Waals surface area contributed by atoms with E-state index in [1.807, 2.05) is 0 Å². The molecule has 1 aromatic carbocycles. The summed E-state index contributed by atoms with van der Waals surface area (Å²) in [6, 6.07) is 4.62. The van der Waals surface area contributed by atoms with Crippen LogP contribution < -0.4 is 5.32 Å². The predicted octanol–water partition coefficient (Wildman–Crippen LogP) is 1.36. The maximum atomic E-state index is 9.53. The standard InChI is InChI=1S/C14H18N4O3S/c19-11-2-1-10(9-12(11)20)13-16-17-14(22-13)15-3-4-18-5-7-21-8-6-18/h1-2,9,19-20H,3-8H2,(H,15,17). The molecule has 0 aliphatic carbocycles. The maximum absolute atomic E-state index is 9.53. The van der Waals surface area contributed by atoms with Crippen LogP contribution in [-0.4, -0.2) is 64.7 Å². The average Bonchev–Trinajstić information content (AvgIpc) is 3.00. The van der Waals surface area contributed by atoms with Gasteiger partial charge in [-0.15, -0.1) is 10.2 Å². The third-order valence-corrected chi connectivity index (χ3v) is 4.39. The monoisotopic (exact) mass is 322 g/mol. The minimum Gasteiger partial charge on any atom is -0.504 e. The number of phenols is 2. The number of hydrogen-bond acceptors (Lipinski definition) is 8. The molecule has 118 valence electrons. The third kappa shape index (κ3) is 3.65. The van der Waals surface area contributed by atoms with Gasteiger partial charge in [-0.2, -0.15) is 0 Å². The Balaban J connectivity index is 1.55. The highest BCUT2D eigenvalue weighted by atomic mass is 32.1. The number of nitrogens with zero attached hydrogens (tertiary/aromatic N) is 3. The molecule has 0 spiro atoms. The van der Waals surface area contributed by atoms with E-state index in [2.05, 4.69) is 20.4 Å². The summed E-state index contributed by atoms with van der Waals surface area (Å²) in [6.07, 6.45) is 0. The van der Waals surface area contributed by atoms with Crippen LogP contribution in [0.25, 0.3) is 10.6 Å². The number of aromatic nitrogens is 2. The zero-order chi connectivity index (χ0) is 15.4. The fraction of sp³-hybridized carbons (Fsp3) is 0.429. The molecule has 1 aliphatic rings. The largest absolute Gasteiger partial charge is 0.504 e. The Hall–Kier alpha value is -1.90. The van der Waals surface area contributed by atoms with Crippen LogP contribution in [-0.2, 0) is 4.74 Å². The van der Waals surface area contributed by atoms with Crippen molar-refractivity contribution in [3.63, 3.8) is 0 Å². The number of aromatic hydroxyl groups is 2. The number of ether oxygens (including phenoxy) is 1. The van der Waals surface area contributed by atoms with Gasteiger partial charge in [-0.25, -0.2) is 0 Å². The molecule has 1 fully saturated rings. The van der Waals surface area contributed by atoms with Gasteiger partial charge in [0.2, 0.25) is 5.13 Å². The van der Waals surface area contributed by atoms with Crippen molar-refractivity contribution in [2.45, 2.75) is 0 Å². The van der Waals surface area contributed by atoms with Crippen LogP contribution in [0.15, 0.2) is 18.2 Å². The number of anilines is 1. The zero-order valence-electron chi connectivity index (χ0n) is 12.0. The Morgan fingerprint density at radius 2 is 2.00 bits per heavy atom. The van der Waals surface area contributed by atoms with E-state index in [0.717, 1.165) is 50.1 Å². The lowest BCUT2D eigenvalue weighted by Crippen LogP contribution is -2.38. The molecule has 8 heteroatoms. The lowest BCUT2D eigenvalue weighted by molar-refractivity contribution is 0.0398. The minimum atomic E-state index is -0.158. The second-order valence-corrected chi connectivity index (χ2v) is 5.97. The molecule has 7 nitrogen and oxygen atoms in total. The molecule has 0 radical (unpaired) electrons. The molecule has 0 amide bonds. The van der Waals surface area contributed by atoms with E-state index in [-0.39, 0.29) is 11.5 Å². The topological polar surface area (TPSA) is 90.7 Å². The van der Waals surface area contributed by atoms with Crippen LogP contribution in [0.5, 0.6) is 11.5 Å². The Morgan fingerprint density at radius 1 is 1.18 bits per heavy atom. The SMILES string of the molecule is Oc1ccc(-c2nnc(NCCN3CCOCC3)s2)cc1O. The van der Waals surface area contributed by atoms with E-state index in [0.29, 0.717) is 5.01 Å². The highest BCUT2D eigenvalue weighted by Crippen LogP contribution is 2.32. The molecule has 1 aromatic heterocycles. The normalized spacial score (nSPS) is 15.8. The summed E-state index contributed by atoms with van der Waals surface area (Å²) in [4.78, 5) is 2.34. The second-order valence-electron chi connectivity index (χ2n) is 5.00. The Labute approximate surface area is 132 Å². The van der Waals surface area contributed by atoms with Crippen LogP contribution in [0, 0.1) is 0 Å². The maximum Gasteiger partial charge on any atom is 0.206 e. The van der Waals surface area contributed by atoms with E-state index in [1.165, 1.54) is 23.5 Å². The summed E-state index contributed by atoms with van der Waals surface area (Å²) in [6.45, 7) is 5.28. The molecule has 0 atom stereocenters. The smallest absolute Gasteiger partial charge is 0.206 e. The number of nitrogens with one attached hydrogen (secondary N) is 1. The van der Waals surface area contributed by atoms with Gasteiger partial charge in [-0.05, 0) is 18.2 Å². The summed E-state index contributed by atoms with van der Waals surface area (Å²) in [5.41, 5.74) is 0.731. The molecule has 1 aliphatic heterocycles. The number of benzene rings is 1. The number of phenolic OH excluding ortho intramolecular Hbond substituents is 2. The van der Waals surface area contributed by atoms with Gasteiger partial charge < -0.3 is 20.3 Å². The highest BCUT2D eigenvalue weighted by Gasteiger charge is 2.11. The van der Waals surface area contributed by atoms with Crippen molar-refractivity contribution in [3.05, 3.63) is 18.2 Å². The van der Waals surface area contributed by atoms with E-state index in [1.54, 1.807) is 6.07 Å². The lowest BCUT2D eigenvalue weighted by Gasteiger charge is -2.26.